The van der Waals surface area contributed by atoms with E-state index in [1.165, 1.54) is 19.2 Å². The number of ketones is 1. The van der Waals surface area contributed by atoms with Gasteiger partial charge in [0.2, 0.25) is 0 Å². The van der Waals surface area contributed by atoms with E-state index in [-0.39, 0.29) is 18.0 Å². The molecule has 2 aromatic rings. The Kier molecular flexibility index (Phi) is 4.55. The monoisotopic (exact) mass is 336 g/mol. The van der Waals surface area contributed by atoms with E-state index in [4.69, 9.17) is 4.74 Å². The highest BCUT2D eigenvalue weighted by atomic mass is 79.9. The van der Waals surface area contributed by atoms with Gasteiger partial charge in [0.25, 0.3) is 0 Å². The van der Waals surface area contributed by atoms with Crippen LogP contribution in [0.3, 0.4) is 0 Å². The minimum absolute atomic E-state index is 0.0508. The molecule has 0 aliphatic rings. The number of halogens is 2. The van der Waals surface area contributed by atoms with E-state index in [1.807, 2.05) is 25.1 Å². The van der Waals surface area contributed by atoms with Gasteiger partial charge in [-0.25, -0.2) is 4.39 Å². The van der Waals surface area contributed by atoms with Crippen molar-refractivity contribution in [1.29, 1.82) is 0 Å². The summed E-state index contributed by atoms with van der Waals surface area (Å²) >= 11 is 3.37. The van der Waals surface area contributed by atoms with Crippen LogP contribution in [-0.2, 0) is 6.42 Å². The number of hydrogen-bond donors (Lipinski definition) is 0. The summed E-state index contributed by atoms with van der Waals surface area (Å²) in [6.45, 7) is 1.93. The van der Waals surface area contributed by atoms with Crippen molar-refractivity contribution in [3.63, 3.8) is 0 Å². The highest BCUT2D eigenvalue weighted by Crippen LogP contribution is 2.22. The number of ether oxygens (including phenoxy) is 1. The molecular weight excluding hydrogens is 323 g/mol. The number of benzene rings is 2. The van der Waals surface area contributed by atoms with Gasteiger partial charge in [0, 0.05) is 16.5 Å². The number of carbonyl (C=O) groups is 1. The second-order valence-corrected chi connectivity index (χ2v) is 5.41. The average Bonchev–Trinajstić information content (AvgIpc) is 2.41. The third-order valence-electron chi connectivity index (χ3n) is 3.00. The first-order chi connectivity index (χ1) is 9.51. The predicted octanol–water partition coefficient (Wildman–Crippen LogP) is 4.33. The second kappa shape index (κ2) is 6.18. The van der Waals surface area contributed by atoms with Crippen molar-refractivity contribution in [3.8, 4) is 5.75 Å². The van der Waals surface area contributed by atoms with Crippen LogP contribution in [0, 0.1) is 12.7 Å². The van der Waals surface area contributed by atoms with Crippen LogP contribution in [0.4, 0.5) is 4.39 Å². The summed E-state index contributed by atoms with van der Waals surface area (Å²) in [4.78, 5) is 12.3. The van der Waals surface area contributed by atoms with Crippen molar-refractivity contribution < 1.29 is 13.9 Å². The molecule has 2 nitrogen and oxygen atoms in total. The summed E-state index contributed by atoms with van der Waals surface area (Å²) in [6, 6.07) is 10.2. The zero-order valence-electron chi connectivity index (χ0n) is 11.2. The van der Waals surface area contributed by atoms with E-state index in [9.17, 15) is 9.18 Å². The molecule has 0 bridgehead atoms. The SMILES string of the molecule is COc1ccc(CC(=O)c2cc(C)ccc2Br)cc1F. The maximum absolute atomic E-state index is 13.6. The summed E-state index contributed by atoms with van der Waals surface area (Å²) in [5.74, 6) is -0.329. The van der Waals surface area contributed by atoms with E-state index >= 15 is 0 Å². The molecule has 0 aliphatic carbocycles. The van der Waals surface area contributed by atoms with Gasteiger partial charge < -0.3 is 4.74 Å². The number of Topliss-reactive ketones (excluding diaryl/α,β-unsaturated/α-hetero) is 1. The molecule has 0 aliphatic heterocycles. The molecule has 104 valence electrons. The molecule has 0 saturated heterocycles. The number of methoxy groups -OCH3 is 1. The Morgan fingerprint density at radius 2 is 2.00 bits per heavy atom. The van der Waals surface area contributed by atoms with Crippen molar-refractivity contribution in [3.05, 3.63) is 63.4 Å². The number of hydrogen-bond acceptors (Lipinski definition) is 2. The Balaban J connectivity index is 2.23. The van der Waals surface area contributed by atoms with Crippen molar-refractivity contribution >= 4 is 21.7 Å². The smallest absolute Gasteiger partial charge is 0.168 e. The number of carbonyl (C=O) groups excluding carboxylic acids is 1. The molecule has 2 rings (SSSR count). The quantitative estimate of drug-likeness (QED) is 0.776. The van der Waals surface area contributed by atoms with E-state index in [0.717, 1.165) is 10.0 Å². The molecule has 20 heavy (non-hydrogen) atoms. The second-order valence-electron chi connectivity index (χ2n) is 4.55. The van der Waals surface area contributed by atoms with Crippen LogP contribution < -0.4 is 4.74 Å². The average molecular weight is 337 g/mol. The fourth-order valence-electron chi connectivity index (χ4n) is 1.95. The van der Waals surface area contributed by atoms with Gasteiger partial charge in [-0.2, -0.15) is 0 Å². The van der Waals surface area contributed by atoms with Gasteiger partial charge in [0.1, 0.15) is 0 Å². The molecule has 0 N–H and O–H groups in total. The van der Waals surface area contributed by atoms with Gasteiger partial charge >= 0.3 is 0 Å². The predicted molar refractivity (Wildman–Crippen MR) is 79.9 cm³/mol. The van der Waals surface area contributed by atoms with Gasteiger partial charge in [-0.05, 0) is 36.8 Å². The molecule has 0 heterocycles. The molecule has 0 atom stereocenters. The summed E-state index contributed by atoms with van der Waals surface area (Å²) < 4.78 is 19.2. The zero-order chi connectivity index (χ0) is 14.7. The van der Waals surface area contributed by atoms with Crippen LogP contribution in [0.2, 0.25) is 0 Å². The lowest BCUT2D eigenvalue weighted by atomic mass is 10.0. The third kappa shape index (κ3) is 3.25. The van der Waals surface area contributed by atoms with E-state index in [0.29, 0.717) is 11.1 Å². The maximum atomic E-state index is 13.6. The molecule has 0 spiro atoms. The van der Waals surface area contributed by atoms with E-state index in [2.05, 4.69) is 15.9 Å². The molecule has 0 unspecified atom stereocenters. The molecule has 2 aromatic carbocycles. The van der Waals surface area contributed by atoms with Crippen LogP contribution >= 0.6 is 15.9 Å². The normalized spacial score (nSPS) is 10.4. The summed E-state index contributed by atoms with van der Waals surface area (Å²) in [6.07, 6.45) is 0.156. The minimum Gasteiger partial charge on any atom is -0.494 e. The lowest BCUT2D eigenvalue weighted by Crippen LogP contribution is -2.05. The zero-order valence-corrected chi connectivity index (χ0v) is 12.8. The van der Waals surface area contributed by atoms with Crippen molar-refractivity contribution in [2.24, 2.45) is 0 Å². The topological polar surface area (TPSA) is 26.3 Å². The van der Waals surface area contributed by atoms with Crippen LogP contribution in [0.15, 0.2) is 40.9 Å². The Bertz CT molecular complexity index is 653. The Morgan fingerprint density at radius 1 is 1.25 bits per heavy atom. The highest BCUT2D eigenvalue weighted by Gasteiger charge is 2.12. The van der Waals surface area contributed by atoms with Crippen molar-refractivity contribution in [1.82, 2.24) is 0 Å². The molecule has 0 amide bonds. The molecule has 0 saturated carbocycles. The van der Waals surface area contributed by atoms with Crippen molar-refractivity contribution in [2.75, 3.05) is 7.11 Å². The van der Waals surface area contributed by atoms with Gasteiger partial charge in [-0.3, -0.25) is 4.79 Å². The lowest BCUT2D eigenvalue weighted by molar-refractivity contribution is 0.0992. The maximum Gasteiger partial charge on any atom is 0.168 e. The standard InChI is InChI=1S/C16H14BrFO2/c1-10-3-5-13(17)12(7-10)15(19)9-11-4-6-16(20-2)14(18)8-11/h3-8H,9H2,1-2H3. The van der Waals surface area contributed by atoms with Gasteiger partial charge in [0.05, 0.1) is 7.11 Å². The minimum atomic E-state index is -0.457. The number of rotatable bonds is 4. The first kappa shape index (κ1) is 14.7. The largest absolute Gasteiger partial charge is 0.494 e. The molecule has 4 heteroatoms. The van der Waals surface area contributed by atoms with Crippen LogP contribution in [0.1, 0.15) is 21.5 Å². The molecular formula is C16H14BrFO2. The first-order valence-electron chi connectivity index (χ1n) is 6.13. The van der Waals surface area contributed by atoms with Crippen LogP contribution in [0.25, 0.3) is 0 Å². The van der Waals surface area contributed by atoms with Gasteiger partial charge in [-0.15, -0.1) is 0 Å². The summed E-state index contributed by atoms with van der Waals surface area (Å²) in [5, 5.41) is 0. The number of aryl methyl sites for hydroxylation is 1. The fourth-order valence-corrected chi connectivity index (χ4v) is 2.42. The molecule has 0 radical (unpaired) electrons. The van der Waals surface area contributed by atoms with Crippen LogP contribution in [-0.4, -0.2) is 12.9 Å². The Morgan fingerprint density at radius 3 is 2.65 bits per heavy atom. The van der Waals surface area contributed by atoms with E-state index < -0.39 is 5.82 Å². The Hall–Kier alpha value is -1.68. The van der Waals surface area contributed by atoms with E-state index in [1.54, 1.807) is 6.07 Å². The summed E-state index contributed by atoms with van der Waals surface area (Å²) in [5.41, 5.74) is 2.25. The van der Waals surface area contributed by atoms with Gasteiger partial charge in [-0.1, -0.05) is 33.6 Å². The van der Waals surface area contributed by atoms with Gasteiger partial charge in [0.15, 0.2) is 17.3 Å². The first-order valence-corrected chi connectivity index (χ1v) is 6.92. The van der Waals surface area contributed by atoms with Crippen LogP contribution in [0.5, 0.6) is 5.75 Å². The van der Waals surface area contributed by atoms with Crippen molar-refractivity contribution in [2.45, 2.75) is 13.3 Å². The summed E-state index contributed by atoms with van der Waals surface area (Å²) in [7, 11) is 1.41. The lowest BCUT2D eigenvalue weighted by Gasteiger charge is -2.07. The fraction of sp³-hybridized carbons (Fsp3) is 0.188. The Labute approximate surface area is 125 Å². The molecule has 0 fully saturated rings. The third-order valence-corrected chi connectivity index (χ3v) is 3.69. The highest BCUT2D eigenvalue weighted by molar-refractivity contribution is 9.10. The molecule has 0 aromatic heterocycles.